The Labute approximate surface area is 114 Å². The first-order valence-electron chi connectivity index (χ1n) is 5.55. The molecule has 20 heavy (non-hydrogen) atoms. The van der Waals surface area contributed by atoms with Crippen LogP contribution in [0.15, 0.2) is 24.3 Å². The minimum absolute atomic E-state index is 0.0756. The summed E-state index contributed by atoms with van der Waals surface area (Å²) in [7, 11) is 0. The zero-order chi connectivity index (χ0) is 14.9. The summed E-state index contributed by atoms with van der Waals surface area (Å²) >= 11 is 0. The van der Waals surface area contributed by atoms with Gasteiger partial charge in [-0.15, -0.1) is 0 Å². The van der Waals surface area contributed by atoms with Gasteiger partial charge in [-0.2, -0.15) is 0 Å². The zero-order valence-corrected chi connectivity index (χ0v) is 10.5. The van der Waals surface area contributed by atoms with Crippen molar-refractivity contribution in [3.8, 4) is 17.2 Å². The summed E-state index contributed by atoms with van der Waals surface area (Å²) in [5.41, 5.74) is 29.2. The van der Waals surface area contributed by atoms with E-state index in [1.165, 1.54) is 24.3 Å². The van der Waals surface area contributed by atoms with Crippen molar-refractivity contribution in [2.75, 3.05) is 28.7 Å². The summed E-state index contributed by atoms with van der Waals surface area (Å²) in [6, 6.07) is 5.44. The number of nitrogen functional groups attached to an aromatic ring is 5. The molecule has 106 valence electrons. The molecule has 0 spiro atoms. The van der Waals surface area contributed by atoms with Gasteiger partial charge in [0.2, 0.25) is 5.75 Å². The third kappa shape index (κ3) is 2.48. The molecule has 0 heterocycles. The molecule has 0 atom stereocenters. The van der Waals surface area contributed by atoms with Crippen LogP contribution >= 0.6 is 0 Å². The van der Waals surface area contributed by atoms with E-state index in [2.05, 4.69) is 0 Å². The zero-order valence-electron chi connectivity index (χ0n) is 10.5. The summed E-state index contributed by atoms with van der Waals surface area (Å²) in [5, 5.41) is 9.30. The van der Waals surface area contributed by atoms with Gasteiger partial charge in [-0.1, -0.05) is 0 Å². The Kier molecular flexibility index (Phi) is 3.21. The average Bonchev–Trinajstić information content (AvgIpc) is 2.34. The van der Waals surface area contributed by atoms with Gasteiger partial charge in [0.1, 0.15) is 5.75 Å². The highest BCUT2D eigenvalue weighted by Gasteiger charge is 2.11. The van der Waals surface area contributed by atoms with Gasteiger partial charge >= 0.3 is 0 Å². The van der Waals surface area contributed by atoms with Crippen LogP contribution in [0.5, 0.6) is 17.2 Å². The van der Waals surface area contributed by atoms with Crippen LogP contribution in [0.4, 0.5) is 28.4 Å². The van der Waals surface area contributed by atoms with E-state index < -0.39 is 0 Å². The Morgan fingerprint density at radius 1 is 0.700 bits per heavy atom. The van der Waals surface area contributed by atoms with E-state index in [1.807, 2.05) is 0 Å². The maximum Gasteiger partial charge on any atom is 0.224 e. The molecule has 0 bridgehead atoms. The topological polar surface area (TPSA) is 169 Å². The summed E-state index contributed by atoms with van der Waals surface area (Å²) < 4.78 is 0. The van der Waals surface area contributed by atoms with E-state index in [0.29, 0.717) is 0 Å². The van der Waals surface area contributed by atoms with Crippen molar-refractivity contribution in [3.05, 3.63) is 24.3 Å². The Morgan fingerprint density at radius 3 is 1.70 bits per heavy atom. The fourth-order valence-electron chi connectivity index (χ4n) is 1.56. The molecular weight excluding hydrogens is 262 g/mol. The first-order valence-corrected chi connectivity index (χ1v) is 5.55. The van der Waals surface area contributed by atoms with Crippen LogP contribution in [0.2, 0.25) is 0 Å². The summed E-state index contributed by atoms with van der Waals surface area (Å²) in [4.78, 5) is 10.1. The number of phenolic OH excluding ortho intramolecular Hbond substituents is 1. The molecule has 2 aromatic rings. The van der Waals surface area contributed by atoms with E-state index in [1.54, 1.807) is 0 Å². The van der Waals surface area contributed by atoms with Gasteiger partial charge < -0.3 is 33.8 Å². The van der Waals surface area contributed by atoms with Crippen LogP contribution < -0.4 is 38.4 Å². The molecule has 0 radical (unpaired) electrons. The Bertz CT molecular complexity index is 614. The van der Waals surface area contributed by atoms with Crippen molar-refractivity contribution < 1.29 is 14.9 Å². The summed E-state index contributed by atoms with van der Waals surface area (Å²) in [6.07, 6.45) is 0. The summed E-state index contributed by atoms with van der Waals surface area (Å²) in [6.45, 7) is 0. The first-order chi connectivity index (χ1) is 9.38. The lowest BCUT2D eigenvalue weighted by molar-refractivity contribution is -0.0982. The average molecular weight is 277 g/mol. The smallest absolute Gasteiger partial charge is 0.224 e. The molecule has 0 aliphatic heterocycles. The molecule has 8 heteroatoms. The maximum atomic E-state index is 9.30. The van der Waals surface area contributed by atoms with Crippen LogP contribution in [0.3, 0.4) is 0 Å². The highest BCUT2D eigenvalue weighted by molar-refractivity contribution is 5.79. The van der Waals surface area contributed by atoms with E-state index in [9.17, 15) is 5.11 Å². The van der Waals surface area contributed by atoms with Crippen molar-refractivity contribution >= 4 is 28.4 Å². The van der Waals surface area contributed by atoms with Gasteiger partial charge in [0.05, 0.1) is 28.4 Å². The number of anilines is 5. The normalized spacial score (nSPS) is 10.2. The monoisotopic (exact) mass is 277 g/mol. The predicted octanol–water partition coefficient (Wildman–Crippen LogP) is 0.676. The number of nitrogens with two attached hydrogens (primary N) is 5. The maximum absolute atomic E-state index is 9.30. The second kappa shape index (κ2) is 4.84. The van der Waals surface area contributed by atoms with Crippen molar-refractivity contribution in [2.45, 2.75) is 0 Å². The van der Waals surface area contributed by atoms with E-state index >= 15 is 0 Å². The molecule has 0 aromatic heterocycles. The highest BCUT2D eigenvalue weighted by atomic mass is 17.2. The first kappa shape index (κ1) is 13.3. The Hall–Kier alpha value is -3.16. The minimum Gasteiger partial charge on any atom is -0.508 e. The van der Waals surface area contributed by atoms with Gasteiger partial charge in [-0.25, -0.2) is 0 Å². The largest absolute Gasteiger partial charge is 0.508 e. The molecule has 2 aromatic carbocycles. The van der Waals surface area contributed by atoms with E-state index in [-0.39, 0.29) is 45.7 Å². The van der Waals surface area contributed by atoms with Gasteiger partial charge in [0.25, 0.3) is 0 Å². The van der Waals surface area contributed by atoms with Crippen LogP contribution in [0.1, 0.15) is 0 Å². The standard InChI is InChI=1S/C12H15N5O3/c13-7-3-6(4-8(14)11(7)17)19-20-12-9(15)1-5(18)2-10(12)16/h1-4,18H,13-17H2. The highest BCUT2D eigenvalue weighted by Crippen LogP contribution is 2.34. The van der Waals surface area contributed by atoms with Crippen LogP contribution in [-0.4, -0.2) is 5.11 Å². The SMILES string of the molecule is Nc1cc(OOc2c(N)cc(O)cc2N)cc(N)c1N. The molecule has 0 amide bonds. The van der Waals surface area contributed by atoms with Crippen LogP contribution in [-0.2, 0) is 0 Å². The molecule has 11 N–H and O–H groups in total. The fourth-order valence-corrected chi connectivity index (χ4v) is 1.56. The van der Waals surface area contributed by atoms with Crippen molar-refractivity contribution in [3.63, 3.8) is 0 Å². The lowest BCUT2D eigenvalue weighted by Gasteiger charge is -2.12. The van der Waals surface area contributed by atoms with Crippen molar-refractivity contribution in [2.24, 2.45) is 0 Å². The van der Waals surface area contributed by atoms with E-state index in [0.717, 1.165) is 0 Å². The number of phenols is 1. The third-order valence-corrected chi connectivity index (χ3v) is 2.57. The molecule has 0 saturated carbocycles. The number of benzene rings is 2. The number of rotatable bonds is 3. The Balaban J connectivity index is 2.21. The molecule has 0 aliphatic carbocycles. The lowest BCUT2D eigenvalue weighted by atomic mass is 10.2. The second-order valence-electron chi connectivity index (χ2n) is 4.14. The quantitative estimate of drug-likeness (QED) is 0.270. The summed E-state index contributed by atoms with van der Waals surface area (Å²) in [5.74, 6) is 0.242. The van der Waals surface area contributed by atoms with Gasteiger partial charge in [0, 0.05) is 24.3 Å². The van der Waals surface area contributed by atoms with Crippen LogP contribution in [0.25, 0.3) is 0 Å². The van der Waals surface area contributed by atoms with Gasteiger partial charge in [0.15, 0.2) is 5.75 Å². The molecule has 2 rings (SSSR count). The second-order valence-corrected chi connectivity index (χ2v) is 4.14. The number of hydrogen-bond donors (Lipinski definition) is 6. The van der Waals surface area contributed by atoms with E-state index in [4.69, 9.17) is 38.4 Å². The van der Waals surface area contributed by atoms with Gasteiger partial charge in [-0.3, -0.25) is 9.78 Å². The Morgan fingerprint density at radius 2 is 1.20 bits per heavy atom. The fraction of sp³-hybridized carbons (Fsp3) is 0. The molecule has 0 fully saturated rings. The molecule has 0 aliphatic rings. The van der Waals surface area contributed by atoms with Crippen molar-refractivity contribution in [1.29, 1.82) is 0 Å². The van der Waals surface area contributed by atoms with Gasteiger partial charge in [-0.05, 0) is 0 Å². The molecule has 0 saturated heterocycles. The van der Waals surface area contributed by atoms with Crippen molar-refractivity contribution in [1.82, 2.24) is 0 Å². The lowest BCUT2D eigenvalue weighted by Crippen LogP contribution is -2.07. The van der Waals surface area contributed by atoms with Crippen LogP contribution in [0, 0.1) is 0 Å². The predicted molar refractivity (Wildman–Crippen MR) is 77.9 cm³/mol. The number of aromatic hydroxyl groups is 1. The molecular formula is C12H15N5O3. The number of hydrogen-bond acceptors (Lipinski definition) is 8. The third-order valence-electron chi connectivity index (χ3n) is 2.57. The molecule has 0 unspecified atom stereocenters. The molecule has 8 nitrogen and oxygen atoms in total. The minimum atomic E-state index is -0.0756.